The normalized spacial score (nSPS) is 30.3. The minimum absolute atomic E-state index is 0.180. The summed E-state index contributed by atoms with van der Waals surface area (Å²) in [5.74, 6) is 0.722. The highest BCUT2D eigenvalue weighted by atomic mass is 16.5. The molecule has 3 rings (SSSR count). The number of ether oxygens (including phenoxy) is 1. The van der Waals surface area contributed by atoms with E-state index in [9.17, 15) is 9.90 Å². The Hall–Kier alpha value is -1.59. The van der Waals surface area contributed by atoms with E-state index < -0.39 is 12.2 Å². The van der Waals surface area contributed by atoms with Gasteiger partial charge in [-0.3, -0.25) is 0 Å². The van der Waals surface area contributed by atoms with Crippen LogP contribution in [0.3, 0.4) is 0 Å². The molecule has 0 bridgehead atoms. The molecule has 27 heavy (non-hydrogen) atoms. The van der Waals surface area contributed by atoms with Crippen molar-refractivity contribution in [2.24, 2.45) is 23.0 Å². The second kappa shape index (κ2) is 8.19. The fourth-order valence-electron chi connectivity index (χ4n) is 5.01. The van der Waals surface area contributed by atoms with E-state index in [0.29, 0.717) is 25.4 Å². The summed E-state index contributed by atoms with van der Waals surface area (Å²) < 4.78 is 5.28. The number of nitrogens with one attached hydrogen (secondary N) is 1. The molecule has 0 heterocycles. The van der Waals surface area contributed by atoms with Crippen LogP contribution in [0.1, 0.15) is 52.9 Å². The summed E-state index contributed by atoms with van der Waals surface area (Å²) in [5, 5.41) is 13.5. The van der Waals surface area contributed by atoms with Crippen LogP contribution >= 0.6 is 0 Å². The third-order valence-corrected chi connectivity index (χ3v) is 6.50. The van der Waals surface area contributed by atoms with Crippen LogP contribution in [0.5, 0.6) is 0 Å². The van der Waals surface area contributed by atoms with Crippen molar-refractivity contribution in [3.63, 3.8) is 0 Å². The predicted molar refractivity (Wildman–Crippen MR) is 107 cm³/mol. The molecule has 1 saturated carbocycles. The number of alkyl carbamates (subject to hydrolysis) is 1. The zero-order valence-corrected chi connectivity index (χ0v) is 16.9. The number of aliphatic hydroxyl groups is 1. The van der Waals surface area contributed by atoms with Crippen LogP contribution in [0.4, 0.5) is 4.79 Å². The Labute approximate surface area is 162 Å². The van der Waals surface area contributed by atoms with Gasteiger partial charge in [-0.2, -0.15) is 0 Å². The molecule has 0 radical (unpaired) electrons. The fourth-order valence-corrected chi connectivity index (χ4v) is 5.01. The Morgan fingerprint density at radius 1 is 1.41 bits per heavy atom. The third-order valence-electron chi connectivity index (χ3n) is 6.50. The molecule has 3 aliphatic carbocycles. The van der Waals surface area contributed by atoms with E-state index in [2.05, 4.69) is 38.2 Å². The van der Waals surface area contributed by atoms with Crippen LogP contribution < -0.4 is 11.1 Å². The summed E-state index contributed by atoms with van der Waals surface area (Å²) in [6.45, 7) is 7.94. The molecule has 0 spiro atoms. The summed E-state index contributed by atoms with van der Waals surface area (Å²) in [7, 11) is 0. The van der Waals surface area contributed by atoms with Gasteiger partial charge in [0.05, 0.1) is 6.10 Å². The van der Waals surface area contributed by atoms with Crippen molar-refractivity contribution in [2.45, 2.75) is 59.0 Å². The van der Waals surface area contributed by atoms with Crippen molar-refractivity contribution >= 4 is 6.09 Å². The highest BCUT2D eigenvalue weighted by Crippen LogP contribution is 2.57. The number of amides is 1. The molecule has 0 saturated heterocycles. The molecule has 0 aromatic rings. The van der Waals surface area contributed by atoms with Gasteiger partial charge in [0.1, 0.15) is 6.61 Å². The zero-order valence-electron chi connectivity index (χ0n) is 16.9. The lowest BCUT2D eigenvalue weighted by atomic mass is 9.64. The van der Waals surface area contributed by atoms with Crippen molar-refractivity contribution in [1.29, 1.82) is 0 Å². The van der Waals surface area contributed by atoms with Gasteiger partial charge in [-0.1, -0.05) is 38.5 Å². The highest BCUT2D eigenvalue weighted by molar-refractivity contribution is 5.67. The number of allylic oxidation sites excluding steroid dienone is 4. The number of aliphatic hydroxyl groups excluding tert-OH is 1. The number of carbonyl (C=O) groups excluding carboxylic acids is 1. The standard InChI is InChI=1S/C22H34N2O3/c1-14(2)16-6-8-22(3)9-7-17-18(20(16)22)5-4-15(12-19(17)25)13-27-21(26)24-11-10-23/h4-5,14,17,19,25H,6-13,23H2,1-3H3,(H,24,26). The largest absolute Gasteiger partial charge is 0.445 e. The third kappa shape index (κ3) is 4.14. The average Bonchev–Trinajstić information content (AvgIpc) is 2.91. The van der Waals surface area contributed by atoms with Crippen LogP contribution in [0.15, 0.2) is 34.4 Å². The first-order valence-electron chi connectivity index (χ1n) is 10.3. The van der Waals surface area contributed by atoms with E-state index in [1.54, 1.807) is 5.57 Å². The molecule has 1 fully saturated rings. The molecular formula is C22H34N2O3. The molecule has 1 amide bonds. The van der Waals surface area contributed by atoms with E-state index in [4.69, 9.17) is 10.5 Å². The number of hydrogen-bond donors (Lipinski definition) is 3. The monoisotopic (exact) mass is 374 g/mol. The minimum atomic E-state index is -0.460. The van der Waals surface area contributed by atoms with E-state index in [0.717, 1.165) is 18.4 Å². The molecule has 0 aromatic carbocycles. The number of hydrogen-bond acceptors (Lipinski definition) is 4. The van der Waals surface area contributed by atoms with Crippen molar-refractivity contribution < 1.29 is 14.6 Å². The maximum atomic E-state index is 11.7. The van der Waals surface area contributed by atoms with Crippen LogP contribution in [0, 0.1) is 17.3 Å². The summed E-state index contributed by atoms with van der Waals surface area (Å²) >= 11 is 0. The first-order valence-corrected chi connectivity index (χ1v) is 10.3. The Bertz CT molecular complexity index is 677. The lowest BCUT2D eigenvalue weighted by Crippen LogP contribution is -2.33. The quantitative estimate of drug-likeness (QED) is 0.688. The molecule has 3 atom stereocenters. The Morgan fingerprint density at radius 2 is 2.19 bits per heavy atom. The molecule has 5 heteroatoms. The van der Waals surface area contributed by atoms with Gasteiger partial charge >= 0.3 is 6.09 Å². The lowest BCUT2D eigenvalue weighted by Gasteiger charge is -2.41. The first-order chi connectivity index (χ1) is 12.9. The van der Waals surface area contributed by atoms with Crippen LogP contribution in [-0.2, 0) is 4.74 Å². The SMILES string of the molecule is CC(C)C1=C2C3=CC=C(COC(=O)NCCN)CC(O)C3CCC2(C)CC1. The fraction of sp³-hybridized carbons (Fsp3) is 0.682. The number of fused-ring (bicyclic) bond motifs is 3. The van der Waals surface area contributed by atoms with Crippen LogP contribution in [0.25, 0.3) is 0 Å². The summed E-state index contributed by atoms with van der Waals surface area (Å²) in [5.41, 5.74) is 11.0. The van der Waals surface area contributed by atoms with Gasteiger partial charge in [0.15, 0.2) is 0 Å². The second-order valence-electron chi connectivity index (χ2n) is 8.77. The summed E-state index contributed by atoms with van der Waals surface area (Å²) in [4.78, 5) is 11.7. The molecule has 5 nitrogen and oxygen atoms in total. The number of rotatable bonds is 5. The van der Waals surface area contributed by atoms with E-state index in [1.807, 2.05) is 0 Å². The van der Waals surface area contributed by atoms with Gasteiger partial charge in [0.25, 0.3) is 0 Å². The van der Waals surface area contributed by atoms with Crippen LogP contribution in [-0.4, -0.2) is 37.0 Å². The summed E-state index contributed by atoms with van der Waals surface area (Å²) in [6, 6.07) is 0. The van der Waals surface area contributed by atoms with Gasteiger partial charge in [0, 0.05) is 19.0 Å². The maximum Gasteiger partial charge on any atom is 0.407 e. The first kappa shape index (κ1) is 20.2. The van der Waals surface area contributed by atoms with Crippen molar-refractivity contribution in [3.05, 3.63) is 34.4 Å². The van der Waals surface area contributed by atoms with Crippen molar-refractivity contribution in [2.75, 3.05) is 19.7 Å². The summed E-state index contributed by atoms with van der Waals surface area (Å²) in [6.07, 6.45) is 8.48. The zero-order chi connectivity index (χ0) is 19.6. The molecule has 3 aliphatic rings. The van der Waals surface area contributed by atoms with Gasteiger partial charge in [0.2, 0.25) is 0 Å². The van der Waals surface area contributed by atoms with Crippen LogP contribution in [0.2, 0.25) is 0 Å². The second-order valence-corrected chi connectivity index (χ2v) is 8.77. The molecule has 4 N–H and O–H groups in total. The number of nitrogens with two attached hydrogens (primary N) is 1. The Morgan fingerprint density at radius 3 is 2.89 bits per heavy atom. The van der Waals surface area contributed by atoms with Crippen molar-refractivity contribution in [1.82, 2.24) is 5.32 Å². The maximum absolute atomic E-state index is 11.7. The van der Waals surface area contributed by atoms with E-state index in [1.165, 1.54) is 24.0 Å². The Kier molecular flexibility index (Phi) is 6.11. The van der Waals surface area contributed by atoms with Gasteiger partial charge < -0.3 is 20.9 Å². The smallest absolute Gasteiger partial charge is 0.407 e. The Balaban J connectivity index is 1.82. The van der Waals surface area contributed by atoms with Crippen molar-refractivity contribution in [3.8, 4) is 0 Å². The molecule has 3 unspecified atom stereocenters. The molecule has 150 valence electrons. The minimum Gasteiger partial charge on any atom is -0.445 e. The topological polar surface area (TPSA) is 84.6 Å². The van der Waals surface area contributed by atoms with E-state index >= 15 is 0 Å². The average molecular weight is 375 g/mol. The van der Waals surface area contributed by atoms with Gasteiger partial charge in [-0.05, 0) is 60.2 Å². The molecule has 0 aromatic heterocycles. The molecule has 0 aliphatic heterocycles. The molecular weight excluding hydrogens is 340 g/mol. The van der Waals surface area contributed by atoms with E-state index in [-0.39, 0.29) is 17.9 Å². The number of carbonyl (C=O) groups is 1. The van der Waals surface area contributed by atoms with Gasteiger partial charge in [-0.25, -0.2) is 4.79 Å². The highest BCUT2D eigenvalue weighted by Gasteiger charge is 2.46. The predicted octanol–water partition coefficient (Wildman–Crippen LogP) is 3.45. The lowest BCUT2D eigenvalue weighted by molar-refractivity contribution is 0.0988. The van der Waals surface area contributed by atoms with Gasteiger partial charge in [-0.15, -0.1) is 0 Å².